The fourth-order valence-corrected chi connectivity index (χ4v) is 3.59. The van der Waals surface area contributed by atoms with Crippen LogP contribution in [0.1, 0.15) is 5.69 Å². The summed E-state index contributed by atoms with van der Waals surface area (Å²) < 4.78 is 13.3. The summed E-state index contributed by atoms with van der Waals surface area (Å²) in [4.78, 5) is 26.5. The predicted octanol–water partition coefficient (Wildman–Crippen LogP) is 3.07. The Morgan fingerprint density at radius 3 is 2.24 bits per heavy atom. The van der Waals surface area contributed by atoms with Crippen LogP contribution in [0.25, 0.3) is 16.9 Å². The van der Waals surface area contributed by atoms with Gasteiger partial charge in [-0.1, -0.05) is 6.08 Å². The normalized spacial score (nSPS) is 13.3. The van der Waals surface area contributed by atoms with Crippen molar-refractivity contribution in [3.05, 3.63) is 84.1 Å². The smallest absolute Gasteiger partial charge is 0.355 e. The zero-order chi connectivity index (χ0) is 23.5. The van der Waals surface area contributed by atoms with Gasteiger partial charge in [0.25, 0.3) is 0 Å². The van der Waals surface area contributed by atoms with Crippen LogP contribution in [0.3, 0.4) is 0 Å². The van der Waals surface area contributed by atoms with Crippen molar-refractivity contribution in [3.8, 4) is 16.9 Å². The number of carbonyl (C=O) groups excluding carboxylic acids is 2. The van der Waals surface area contributed by atoms with Crippen LogP contribution in [0.4, 0.5) is 5.69 Å². The van der Waals surface area contributed by atoms with Crippen LogP contribution in [-0.2, 0) is 26.1 Å². The Hall–Kier alpha value is -4.40. The van der Waals surface area contributed by atoms with Gasteiger partial charge in [-0.05, 0) is 49.4 Å². The van der Waals surface area contributed by atoms with E-state index in [1.54, 1.807) is 32.6 Å². The number of esters is 2. The van der Waals surface area contributed by atoms with Crippen molar-refractivity contribution in [3.63, 3.8) is 0 Å². The summed E-state index contributed by atoms with van der Waals surface area (Å²) in [6, 6.07) is 9.35. The maximum absolute atomic E-state index is 12.6. The van der Waals surface area contributed by atoms with Crippen molar-refractivity contribution in [1.29, 1.82) is 0 Å². The van der Waals surface area contributed by atoms with Gasteiger partial charge in [-0.2, -0.15) is 10.2 Å². The average molecular weight is 445 g/mol. The minimum Gasteiger partial charge on any atom is -0.465 e. The van der Waals surface area contributed by atoms with Gasteiger partial charge in [0.1, 0.15) is 5.70 Å². The van der Waals surface area contributed by atoms with Gasteiger partial charge in [0.15, 0.2) is 0 Å². The number of anilines is 1. The van der Waals surface area contributed by atoms with Gasteiger partial charge >= 0.3 is 11.9 Å². The molecule has 0 N–H and O–H groups in total. The Balaban J connectivity index is 1.68. The first-order valence-electron chi connectivity index (χ1n) is 10.1. The lowest BCUT2D eigenvalue weighted by Gasteiger charge is -2.23. The molecule has 3 heterocycles. The lowest BCUT2D eigenvalue weighted by Crippen LogP contribution is -2.26. The third-order valence-corrected chi connectivity index (χ3v) is 5.16. The quantitative estimate of drug-likeness (QED) is 0.558. The third kappa shape index (κ3) is 4.20. The number of rotatable bonds is 5. The van der Waals surface area contributed by atoms with Crippen LogP contribution < -0.4 is 4.90 Å². The molecule has 9 nitrogen and oxygen atoms in total. The molecule has 1 aliphatic heterocycles. The van der Waals surface area contributed by atoms with Crippen LogP contribution in [0, 0.1) is 6.92 Å². The molecule has 3 aromatic rings. The molecule has 0 spiro atoms. The van der Waals surface area contributed by atoms with E-state index >= 15 is 0 Å². The molecule has 0 unspecified atom stereocenters. The van der Waals surface area contributed by atoms with Crippen molar-refractivity contribution in [2.75, 3.05) is 19.1 Å². The molecule has 1 aromatic carbocycles. The number of hydrogen-bond acceptors (Lipinski definition) is 7. The molecule has 0 radical (unpaired) electrons. The van der Waals surface area contributed by atoms with Crippen molar-refractivity contribution in [2.45, 2.75) is 6.92 Å². The van der Waals surface area contributed by atoms with Crippen LogP contribution in [0.2, 0.25) is 0 Å². The first kappa shape index (κ1) is 21.8. The van der Waals surface area contributed by atoms with Gasteiger partial charge in [0.2, 0.25) is 0 Å². The van der Waals surface area contributed by atoms with Gasteiger partial charge in [-0.3, -0.25) is 4.68 Å². The largest absolute Gasteiger partial charge is 0.465 e. The van der Waals surface area contributed by atoms with E-state index in [2.05, 4.69) is 10.2 Å². The monoisotopic (exact) mass is 445 g/mol. The van der Waals surface area contributed by atoms with Crippen molar-refractivity contribution < 1.29 is 19.1 Å². The summed E-state index contributed by atoms with van der Waals surface area (Å²) in [6.45, 7) is 1.95. The summed E-state index contributed by atoms with van der Waals surface area (Å²) >= 11 is 0. The number of allylic oxidation sites excluding steroid dienone is 2. The molecule has 2 aromatic heterocycles. The standard InChI is InChI=1S/C24H23N5O4/c1-16-20(15-27(2)25-16)21-12-14-29(26-21)18-10-8-17(9-11-18)28-13-6-5-7-19(23(30)32-3)22(28)24(31)33-4/h5-15H,1-4H3. The summed E-state index contributed by atoms with van der Waals surface area (Å²) in [6.07, 6.45) is 10.4. The van der Waals surface area contributed by atoms with Crippen LogP contribution >= 0.6 is 0 Å². The minimum atomic E-state index is -0.653. The number of hydrogen-bond donors (Lipinski definition) is 0. The molecule has 0 saturated carbocycles. The first-order valence-corrected chi connectivity index (χ1v) is 10.1. The van der Waals surface area contributed by atoms with E-state index in [4.69, 9.17) is 9.47 Å². The zero-order valence-electron chi connectivity index (χ0n) is 18.7. The molecular formula is C24H23N5O4. The maximum Gasteiger partial charge on any atom is 0.355 e. The van der Waals surface area contributed by atoms with Gasteiger partial charge in [0.05, 0.1) is 36.9 Å². The second-order valence-corrected chi connectivity index (χ2v) is 7.28. The molecule has 0 amide bonds. The van der Waals surface area contributed by atoms with E-state index in [-0.39, 0.29) is 11.3 Å². The van der Waals surface area contributed by atoms with E-state index in [0.717, 1.165) is 22.6 Å². The van der Waals surface area contributed by atoms with Gasteiger partial charge < -0.3 is 14.4 Å². The van der Waals surface area contributed by atoms with E-state index in [1.807, 2.05) is 56.7 Å². The van der Waals surface area contributed by atoms with Gasteiger partial charge in [-0.15, -0.1) is 0 Å². The fraction of sp³-hybridized carbons (Fsp3) is 0.167. The van der Waals surface area contributed by atoms with Crippen LogP contribution in [-0.4, -0.2) is 45.7 Å². The van der Waals surface area contributed by atoms with Crippen LogP contribution in [0.15, 0.2) is 78.4 Å². The molecule has 0 saturated heterocycles. The molecule has 0 atom stereocenters. The molecule has 9 heteroatoms. The van der Waals surface area contributed by atoms with Crippen molar-refractivity contribution >= 4 is 17.6 Å². The van der Waals surface area contributed by atoms with Gasteiger partial charge in [-0.25, -0.2) is 14.3 Å². The third-order valence-electron chi connectivity index (χ3n) is 5.16. The lowest BCUT2D eigenvalue weighted by molar-refractivity contribution is -0.139. The zero-order valence-corrected chi connectivity index (χ0v) is 18.7. The summed E-state index contributed by atoms with van der Waals surface area (Å²) in [5.74, 6) is -1.29. The number of ether oxygens (including phenoxy) is 2. The highest BCUT2D eigenvalue weighted by molar-refractivity contribution is 6.05. The Bertz CT molecular complexity index is 1290. The highest BCUT2D eigenvalue weighted by Gasteiger charge is 2.27. The Kier molecular flexibility index (Phi) is 5.95. The second-order valence-electron chi connectivity index (χ2n) is 7.28. The molecule has 1 aliphatic rings. The molecule has 0 fully saturated rings. The highest BCUT2D eigenvalue weighted by atomic mass is 16.5. The first-order chi connectivity index (χ1) is 15.9. The lowest BCUT2D eigenvalue weighted by atomic mass is 10.1. The van der Waals surface area contributed by atoms with Crippen molar-refractivity contribution in [2.24, 2.45) is 7.05 Å². The number of benzene rings is 1. The Morgan fingerprint density at radius 1 is 0.909 bits per heavy atom. The van der Waals surface area contributed by atoms with Gasteiger partial charge in [0, 0.05) is 36.9 Å². The SMILES string of the molecule is COC(=O)C1=C(C(=O)OC)N(c2ccc(-n3ccc(-c4cn(C)nc4C)n3)cc2)C=CC=C1. The highest BCUT2D eigenvalue weighted by Crippen LogP contribution is 2.28. The van der Waals surface area contributed by atoms with Crippen molar-refractivity contribution in [1.82, 2.24) is 19.6 Å². The molecule has 33 heavy (non-hydrogen) atoms. The van der Waals surface area contributed by atoms with E-state index in [0.29, 0.717) is 5.69 Å². The molecule has 0 aliphatic carbocycles. The number of aryl methyl sites for hydroxylation is 2. The molecule has 4 rings (SSSR count). The molecular weight excluding hydrogens is 422 g/mol. The number of methoxy groups -OCH3 is 2. The number of carbonyl (C=O) groups is 2. The molecule has 0 bridgehead atoms. The Morgan fingerprint density at radius 2 is 1.61 bits per heavy atom. The average Bonchev–Trinajstić information content (AvgIpc) is 3.37. The second kappa shape index (κ2) is 8.99. The maximum atomic E-state index is 12.6. The summed E-state index contributed by atoms with van der Waals surface area (Å²) in [5.41, 5.74) is 4.36. The Labute approximate surface area is 190 Å². The van der Waals surface area contributed by atoms with E-state index in [9.17, 15) is 9.59 Å². The minimum absolute atomic E-state index is 0.0653. The number of aromatic nitrogens is 4. The summed E-state index contributed by atoms with van der Waals surface area (Å²) in [7, 11) is 4.41. The van der Waals surface area contributed by atoms with E-state index < -0.39 is 11.9 Å². The fourth-order valence-electron chi connectivity index (χ4n) is 3.59. The predicted molar refractivity (Wildman–Crippen MR) is 122 cm³/mol. The van der Waals surface area contributed by atoms with E-state index in [1.165, 1.54) is 20.3 Å². The summed E-state index contributed by atoms with van der Waals surface area (Å²) in [5, 5.41) is 9.03. The topological polar surface area (TPSA) is 91.5 Å². The number of nitrogens with zero attached hydrogens (tertiary/aromatic N) is 5. The molecule has 168 valence electrons. The van der Waals surface area contributed by atoms with Crippen LogP contribution in [0.5, 0.6) is 0 Å².